The van der Waals surface area contributed by atoms with Gasteiger partial charge in [-0.15, -0.1) is 17.8 Å². The zero-order chi connectivity index (χ0) is 13.5. The summed E-state index contributed by atoms with van der Waals surface area (Å²) >= 11 is 1.64. The van der Waals surface area contributed by atoms with Crippen molar-refractivity contribution in [2.45, 2.75) is 19.3 Å². The van der Waals surface area contributed by atoms with E-state index in [-0.39, 0.29) is 5.91 Å². The molecule has 0 bridgehead atoms. The predicted octanol–water partition coefficient (Wildman–Crippen LogP) is 2.18. The average molecular weight is 277 g/mol. The Hall–Kier alpha value is -1.31. The summed E-state index contributed by atoms with van der Waals surface area (Å²) in [7, 11) is 0. The fourth-order valence-electron chi connectivity index (χ4n) is 2.39. The van der Waals surface area contributed by atoms with Gasteiger partial charge in [-0.05, 0) is 30.2 Å². The molecule has 1 saturated heterocycles. The number of hydrogen-bond donors (Lipinski definition) is 0. The number of rotatable bonds is 5. The van der Waals surface area contributed by atoms with E-state index in [1.165, 1.54) is 0 Å². The van der Waals surface area contributed by atoms with Crippen molar-refractivity contribution in [1.82, 2.24) is 4.90 Å². The lowest BCUT2D eigenvalue weighted by Gasteiger charge is -2.32. The van der Waals surface area contributed by atoms with Crippen LogP contribution in [0.25, 0.3) is 0 Å². The minimum Gasteiger partial charge on any atom is -0.368 e. The van der Waals surface area contributed by atoms with Gasteiger partial charge in [0, 0.05) is 18.0 Å². The highest BCUT2D eigenvalue weighted by molar-refractivity contribution is 7.10. The number of nitrogens with zero attached hydrogens (tertiary/aromatic N) is 1. The van der Waals surface area contributed by atoms with E-state index in [1.807, 2.05) is 22.4 Å². The lowest BCUT2D eigenvalue weighted by Crippen LogP contribution is -2.41. The topological polar surface area (TPSA) is 29.5 Å². The quantitative estimate of drug-likeness (QED) is 0.610. The van der Waals surface area contributed by atoms with Crippen LogP contribution in [0, 0.1) is 18.3 Å². The third-order valence-electron chi connectivity index (χ3n) is 3.32. The Balaban J connectivity index is 1.80. The van der Waals surface area contributed by atoms with Gasteiger partial charge in [-0.25, -0.2) is 0 Å². The van der Waals surface area contributed by atoms with Gasteiger partial charge in [-0.3, -0.25) is 4.79 Å². The number of likely N-dealkylation sites (tertiary alicyclic amines) is 1. The van der Waals surface area contributed by atoms with Crippen LogP contribution in [0.1, 0.15) is 17.7 Å². The lowest BCUT2D eigenvalue weighted by atomic mass is 9.98. The van der Waals surface area contributed by atoms with E-state index in [2.05, 4.69) is 5.92 Å². The maximum Gasteiger partial charge on any atom is 0.227 e. The summed E-state index contributed by atoms with van der Waals surface area (Å²) < 4.78 is 5.38. The van der Waals surface area contributed by atoms with E-state index in [0.29, 0.717) is 25.6 Å². The number of thiophene rings is 1. The van der Waals surface area contributed by atoms with Crippen molar-refractivity contribution in [2.75, 3.05) is 26.3 Å². The molecular weight excluding hydrogens is 258 g/mol. The Morgan fingerprint density at radius 2 is 2.53 bits per heavy atom. The summed E-state index contributed by atoms with van der Waals surface area (Å²) in [6.07, 6.45) is 7.85. The van der Waals surface area contributed by atoms with Gasteiger partial charge in [-0.2, -0.15) is 0 Å². The summed E-state index contributed by atoms with van der Waals surface area (Å²) in [5.74, 6) is 3.12. The van der Waals surface area contributed by atoms with Gasteiger partial charge in [0.05, 0.1) is 13.0 Å². The van der Waals surface area contributed by atoms with E-state index in [1.54, 1.807) is 11.3 Å². The first kappa shape index (κ1) is 14.1. The summed E-state index contributed by atoms with van der Waals surface area (Å²) in [5.41, 5.74) is 0. The van der Waals surface area contributed by atoms with Gasteiger partial charge < -0.3 is 9.64 Å². The van der Waals surface area contributed by atoms with Crippen LogP contribution in [-0.2, 0) is 16.0 Å². The number of piperidine rings is 1. The van der Waals surface area contributed by atoms with Gasteiger partial charge in [0.25, 0.3) is 0 Å². The van der Waals surface area contributed by atoms with Crippen LogP contribution in [0.5, 0.6) is 0 Å². The van der Waals surface area contributed by atoms with Crippen molar-refractivity contribution in [3.63, 3.8) is 0 Å². The molecule has 19 heavy (non-hydrogen) atoms. The summed E-state index contributed by atoms with van der Waals surface area (Å²) in [5, 5.41) is 2.01. The van der Waals surface area contributed by atoms with Crippen LogP contribution in [-0.4, -0.2) is 37.1 Å². The molecule has 0 N–H and O–H groups in total. The second-order valence-electron chi connectivity index (χ2n) is 4.82. The number of carbonyl (C=O) groups is 1. The van der Waals surface area contributed by atoms with Gasteiger partial charge in [0.15, 0.2) is 0 Å². The molecule has 0 spiro atoms. The number of ether oxygens (including phenoxy) is 1. The standard InChI is InChI=1S/C15H19NO2S/c1-2-8-18-12-13-5-3-7-16(11-13)15(17)10-14-6-4-9-19-14/h1,4,6,9,13H,3,5,7-8,10-12H2. The SMILES string of the molecule is C#CCOCC1CCCN(C(=O)Cc2cccs2)C1. The Morgan fingerprint density at radius 1 is 1.63 bits per heavy atom. The molecule has 102 valence electrons. The maximum atomic E-state index is 12.2. The highest BCUT2D eigenvalue weighted by atomic mass is 32.1. The average Bonchev–Trinajstić information content (AvgIpc) is 2.92. The van der Waals surface area contributed by atoms with E-state index >= 15 is 0 Å². The van der Waals surface area contributed by atoms with E-state index < -0.39 is 0 Å². The van der Waals surface area contributed by atoms with Crippen molar-refractivity contribution in [1.29, 1.82) is 0 Å². The number of hydrogen-bond acceptors (Lipinski definition) is 3. The minimum absolute atomic E-state index is 0.226. The van der Waals surface area contributed by atoms with Crippen LogP contribution in [0.2, 0.25) is 0 Å². The predicted molar refractivity (Wildman–Crippen MR) is 77.0 cm³/mol. The molecule has 3 nitrogen and oxygen atoms in total. The minimum atomic E-state index is 0.226. The molecular formula is C15H19NO2S. The van der Waals surface area contributed by atoms with Crippen molar-refractivity contribution in [2.24, 2.45) is 5.92 Å². The Labute approximate surface area is 118 Å². The van der Waals surface area contributed by atoms with Crippen molar-refractivity contribution in [3.8, 4) is 12.3 Å². The zero-order valence-electron chi connectivity index (χ0n) is 11.0. The van der Waals surface area contributed by atoms with Gasteiger partial charge in [0.2, 0.25) is 5.91 Å². The van der Waals surface area contributed by atoms with Crippen LogP contribution >= 0.6 is 11.3 Å². The number of amides is 1. The molecule has 0 saturated carbocycles. The molecule has 1 aliphatic rings. The van der Waals surface area contributed by atoms with Crippen LogP contribution in [0.3, 0.4) is 0 Å². The molecule has 1 aromatic heterocycles. The monoisotopic (exact) mass is 277 g/mol. The molecule has 0 radical (unpaired) electrons. The molecule has 1 unspecified atom stereocenters. The van der Waals surface area contributed by atoms with Crippen molar-refractivity contribution >= 4 is 17.2 Å². The summed E-state index contributed by atoms with van der Waals surface area (Å²) in [4.78, 5) is 15.3. The molecule has 1 aliphatic heterocycles. The van der Waals surface area contributed by atoms with Crippen molar-refractivity contribution in [3.05, 3.63) is 22.4 Å². The number of terminal acetylenes is 1. The van der Waals surface area contributed by atoms with Crippen LogP contribution < -0.4 is 0 Å². The Morgan fingerprint density at radius 3 is 3.26 bits per heavy atom. The molecule has 0 aliphatic carbocycles. The first-order valence-corrected chi connectivity index (χ1v) is 7.49. The first-order valence-electron chi connectivity index (χ1n) is 6.61. The highest BCUT2D eigenvalue weighted by Gasteiger charge is 2.23. The zero-order valence-corrected chi connectivity index (χ0v) is 11.8. The molecule has 2 rings (SSSR count). The second-order valence-corrected chi connectivity index (χ2v) is 5.86. The van der Waals surface area contributed by atoms with Crippen molar-refractivity contribution < 1.29 is 9.53 Å². The molecule has 1 amide bonds. The molecule has 1 atom stereocenters. The van der Waals surface area contributed by atoms with Gasteiger partial charge in [-0.1, -0.05) is 12.0 Å². The first-order chi connectivity index (χ1) is 9.29. The fraction of sp³-hybridized carbons (Fsp3) is 0.533. The summed E-state index contributed by atoms with van der Waals surface area (Å²) in [6.45, 7) is 2.69. The Bertz CT molecular complexity index is 435. The summed E-state index contributed by atoms with van der Waals surface area (Å²) in [6, 6.07) is 4.00. The van der Waals surface area contributed by atoms with E-state index in [9.17, 15) is 4.79 Å². The molecule has 2 heterocycles. The smallest absolute Gasteiger partial charge is 0.227 e. The molecule has 1 fully saturated rings. The third kappa shape index (κ3) is 4.38. The van der Waals surface area contributed by atoms with E-state index in [0.717, 1.165) is 30.8 Å². The van der Waals surface area contributed by atoms with E-state index in [4.69, 9.17) is 11.2 Å². The second kappa shape index (κ2) is 7.32. The third-order valence-corrected chi connectivity index (χ3v) is 4.19. The highest BCUT2D eigenvalue weighted by Crippen LogP contribution is 2.19. The van der Waals surface area contributed by atoms with Gasteiger partial charge in [0.1, 0.15) is 6.61 Å². The normalized spacial score (nSPS) is 19.1. The molecule has 0 aromatic carbocycles. The number of carbonyl (C=O) groups excluding carboxylic acids is 1. The van der Waals surface area contributed by atoms with Gasteiger partial charge >= 0.3 is 0 Å². The van der Waals surface area contributed by atoms with Crippen LogP contribution in [0.15, 0.2) is 17.5 Å². The maximum absolute atomic E-state index is 12.2. The Kier molecular flexibility index (Phi) is 5.44. The molecule has 1 aromatic rings. The largest absolute Gasteiger partial charge is 0.368 e. The van der Waals surface area contributed by atoms with Crippen LogP contribution in [0.4, 0.5) is 0 Å². The lowest BCUT2D eigenvalue weighted by molar-refractivity contribution is -0.132. The fourth-order valence-corrected chi connectivity index (χ4v) is 3.08. The molecule has 4 heteroatoms.